The third-order valence-electron chi connectivity index (χ3n) is 2.32. The van der Waals surface area contributed by atoms with E-state index in [1.807, 2.05) is 0 Å². The fourth-order valence-electron chi connectivity index (χ4n) is 1.44. The number of halogens is 1. The summed E-state index contributed by atoms with van der Waals surface area (Å²) in [4.78, 5) is 30.1. The lowest BCUT2D eigenvalue weighted by molar-refractivity contribution is 0.0693. The van der Waals surface area contributed by atoms with E-state index in [1.165, 1.54) is 24.5 Å². The molecule has 102 valence electrons. The Bertz CT molecular complexity index is 690. The fourth-order valence-corrected chi connectivity index (χ4v) is 1.58. The summed E-state index contributed by atoms with van der Waals surface area (Å²) in [6, 6.07) is 3.65. The molecule has 2 aromatic rings. The van der Waals surface area contributed by atoms with Crippen LogP contribution in [-0.2, 0) is 0 Å². The van der Waals surface area contributed by atoms with Gasteiger partial charge in [0, 0.05) is 11.8 Å². The van der Waals surface area contributed by atoms with E-state index in [0.29, 0.717) is 0 Å². The molecule has 20 heavy (non-hydrogen) atoms. The molecule has 1 amide bonds. The molecule has 0 aliphatic rings. The molecule has 0 atom stereocenters. The number of phenols is 1. The van der Waals surface area contributed by atoms with Crippen molar-refractivity contribution in [3.05, 3.63) is 47.0 Å². The molecule has 0 spiro atoms. The number of carboxylic acid groups (broad SMARTS) is 1. The Hall–Kier alpha value is -2.67. The predicted molar refractivity (Wildman–Crippen MR) is 70.1 cm³/mol. The molecule has 0 unspecified atom stereocenters. The highest BCUT2D eigenvalue weighted by atomic mass is 35.5. The van der Waals surface area contributed by atoms with Crippen molar-refractivity contribution >= 4 is 29.2 Å². The van der Waals surface area contributed by atoms with Crippen LogP contribution in [0.15, 0.2) is 30.6 Å². The third-order valence-corrected chi connectivity index (χ3v) is 2.51. The first kappa shape index (κ1) is 13.8. The van der Waals surface area contributed by atoms with Crippen LogP contribution in [0.2, 0.25) is 5.15 Å². The molecule has 0 bridgehead atoms. The zero-order chi connectivity index (χ0) is 14.7. The topological polar surface area (TPSA) is 112 Å². The van der Waals surface area contributed by atoms with Gasteiger partial charge in [0.25, 0.3) is 5.91 Å². The molecule has 0 aliphatic carbocycles. The van der Waals surface area contributed by atoms with Crippen molar-refractivity contribution < 1.29 is 19.8 Å². The zero-order valence-electron chi connectivity index (χ0n) is 9.87. The normalized spacial score (nSPS) is 10.1. The summed E-state index contributed by atoms with van der Waals surface area (Å²) in [5.41, 5.74) is -0.0378. The van der Waals surface area contributed by atoms with E-state index < -0.39 is 17.6 Å². The molecule has 0 saturated carbocycles. The Kier molecular flexibility index (Phi) is 3.81. The van der Waals surface area contributed by atoms with Crippen LogP contribution in [0.3, 0.4) is 0 Å². The van der Waals surface area contributed by atoms with Crippen molar-refractivity contribution in [3.8, 4) is 5.75 Å². The predicted octanol–water partition coefficient (Wildman–Crippen LogP) is 1.79. The molecular formula is C12H8ClN3O4. The van der Waals surface area contributed by atoms with Gasteiger partial charge in [-0.1, -0.05) is 11.6 Å². The summed E-state index contributed by atoms with van der Waals surface area (Å²) in [6.45, 7) is 0. The number of carbonyl (C=O) groups is 2. The van der Waals surface area contributed by atoms with Gasteiger partial charge in [-0.15, -0.1) is 0 Å². The summed E-state index contributed by atoms with van der Waals surface area (Å²) in [7, 11) is 0. The molecule has 2 rings (SSSR count). The van der Waals surface area contributed by atoms with Crippen LogP contribution >= 0.6 is 11.6 Å². The summed E-state index contributed by atoms with van der Waals surface area (Å²) in [5.74, 6) is -2.30. The average molecular weight is 294 g/mol. The van der Waals surface area contributed by atoms with Gasteiger partial charge < -0.3 is 15.5 Å². The lowest BCUT2D eigenvalue weighted by atomic mass is 10.2. The van der Waals surface area contributed by atoms with Crippen LogP contribution in [-0.4, -0.2) is 32.1 Å². The summed E-state index contributed by atoms with van der Waals surface area (Å²) >= 11 is 5.61. The average Bonchev–Trinajstić information content (AvgIpc) is 2.38. The van der Waals surface area contributed by atoms with Crippen molar-refractivity contribution in [1.82, 2.24) is 9.97 Å². The number of hydrogen-bond donors (Lipinski definition) is 3. The number of benzene rings is 1. The van der Waals surface area contributed by atoms with Gasteiger partial charge >= 0.3 is 5.97 Å². The molecule has 1 heterocycles. The number of carboxylic acids is 1. The van der Waals surface area contributed by atoms with Gasteiger partial charge in [-0.3, -0.25) is 9.78 Å². The van der Waals surface area contributed by atoms with Gasteiger partial charge in [-0.05, 0) is 12.1 Å². The Labute approximate surface area is 117 Å². The maximum absolute atomic E-state index is 11.8. The first-order valence-electron chi connectivity index (χ1n) is 5.32. The number of nitrogens with zero attached hydrogens (tertiary/aromatic N) is 2. The van der Waals surface area contributed by atoms with Gasteiger partial charge in [0.15, 0.2) is 0 Å². The fraction of sp³-hybridized carbons (Fsp3) is 0. The van der Waals surface area contributed by atoms with Crippen LogP contribution in [0.5, 0.6) is 5.75 Å². The number of aromatic nitrogens is 2. The van der Waals surface area contributed by atoms with E-state index in [-0.39, 0.29) is 22.1 Å². The lowest BCUT2D eigenvalue weighted by Crippen LogP contribution is -2.14. The molecule has 0 radical (unpaired) electrons. The molecule has 7 nitrogen and oxygen atoms in total. The Morgan fingerprint density at radius 1 is 1.25 bits per heavy atom. The first-order chi connectivity index (χ1) is 9.47. The minimum absolute atomic E-state index is 0.000647. The van der Waals surface area contributed by atoms with Crippen molar-refractivity contribution in [2.45, 2.75) is 0 Å². The monoisotopic (exact) mass is 293 g/mol. The SMILES string of the molecule is O=C(Nc1ccc(C(=O)O)c(O)c1)c1cncc(Cl)n1. The Morgan fingerprint density at radius 3 is 2.60 bits per heavy atom. The molecule has 0 fully saturated rings. The van der Waals surface area contributed by atoms with E-state index in [4.69, 9.17) is 16.7 Å². The second-order valence-corrected chi connectivity index (χ2v) is 4.11. The number of carbonyl (C=O) groups excluding carboxylic acids is 1. The maximum Gasteiger partial charge on any atom is 0.339 e. The van der Waals surface area contributed by atoms with Crippen molar-refractivity contribution in [2.75, 3.05) is 5.32 Å². The van der Waals surface area contributed by atoms with Crippen LogP contribution in [0.25, 0.3) is 0 Å². The molecule has 1 aromatic heterocycles. The second kappa shape index (κ2) is 5.54. The van der Waals surface area contributed by atoms with Gasteiger partial charge in [0.2, 0.25) is 0 Å². The van der Waals surface area contributed by atoms with Crippen molar-refractivity contribution in [3.63, 3.8) is 0 Å². The first-order valence-corrected chi connectivity index (χ1v) is 5.70. The minimum Gasteiger partial charge on any atom is -0.507 e. The zero-order valence-corrected chi connectivity index (χ0v) is 10.6. The number of anilines is 1. The number of rotatable bonds is 3. The number of aromatic hydroxyl groups is 1. The van der Waals surface area contributed by atoms with Gasteiger partial charge in [-0.2, -0.15) is 0 Å². The van der Waals surface area contributed by atoms with E-state index in [9.17, 15) is 14.7 Å². The van der Waals surface area contributed by atoms with Gasteiger partial charge in [0.1, 0.15) is 22.2 Å². The highest BCUT2D eigenvalue weighted by Crippen LogP contribution is 2.22. The summed E-state index contributed by atoms with van der Waals surface area (Å²) < 4.78 is 0. The van der Waals surface area contributed by atoms with E-state index in [1.54, 1.807) is 0 Å². The lowest BCUT2D eigenvalue weighted by Gasteiger charge is -2.06. The molecule has 3 N–H and O–H groups in total. The second-order valence-electron chi connectivity index (χ2n) is 3.72. The Balaban J connectivity index is 2.20. The quantitative estimate of drug-likeness (QED) is 0.795. The van der Waals surface area contributed by atoms with Gasteiger partial charge in [-0.25, -0.2) is 9.78 Å². The number of hydrogen-bond acceptors (Lipinski definition) is 5. The summed E-state index contributed by atoms with van der Waals surface area (Å²) in [5, 5.41) is 20.8. The van der Waals surface area contributed by atoms with Crippen LogP contribution < -0.4 is 5.32 Å². The van der Waals surface area contributed by atoms with E-state index >= 15 is 0 Å². The van der Waals surface area contributed by atoms with Crippen LogP contribution in [0.1, 0.15) is 20.8 Å². The molecule has 0 saturated heterocycles. The molecule has 0 aliphatic heterocycles. The standard InChI is InChI=1S/C12H8ClN3O4/c13-10-5-14-4-8(16-10)11(18)15-6-1-2-7(12(19)20)9(17)3-6/h1-5,17H,(H,15,18)(H,19,20). The smallest absolute Gasteiger partial charge is 0.339 e. The van der Waals surface area contributed by atoms with Gasteiger partial charge in [0.05, 0.1) is 12.4 Å². The van der Waals surface area contributed by atoms with E-state index in [0.717, 1.165) is 6.07 Å². The summed E-state index contributed by atoms with van der Waals surface area (Å²) in [6.07, 6.45) is 2.51. The van der Waals surface area contributed by atoms with Crippen molar-refractivity contribution in [1.29, 1.82) is 0 Å². The number of aromatic carboxylic acids is 1. The molecule has 1 aromatic carbocycles. The maximum atomic E-state index is 11.8. The molecule has 8 heteroatoms. The minimum atomic E-state index is -1.26. The number of nitrogens with one attached hydrogen (secondary N) is 1. The Morgan fingerprint density at radius 2 is 2.00 bits per heavy atom. The molecular weight excluding hydrogens is 286 g/mol. The van der Waals surface area contributed by atoms with Crippen molar-refractivity contribution in [2.24, 2.45) is 0 Å². The highest BCUT2D eigenvalue weighted by molar-refractivity contribution is 6.29. The van der Waals surface area contributed by atoms with Crippen LogP contribution in [0.4, 0.5) is 5.69 Å². The highest BCUT2D eigenvalue weighted by Gasteiger charge is 2.13. The third kappa shape index (κ3) is 3.01. The number of amides is 1. The van der Waals surface area contributed by atoms with Crippen LogP contribution in [0, 0.1) is 0 Å². The van der Waals surface area contributed by atoms with E-state index in [2.05, 4.69) is 15.3 Å². The largest absolute Gasteiger partial charge is 0.507 e.